The predicted octanol–water partition coefficient (Wildman–Crippen LogP) is 3.13. The maximum absolute atomic E-state index is 12.8. The number of carbonyl (C=O) groups is 2. The molecule has 0 spiro atoms. The van der Waals surface area contributed by atoms with Gasteiger partial charge in [-0.25, -0.2) is 9.18 Å². The molecule has 0 aliphatic heterocycles. The van der Waals surface area contributed by atoms with Crippen molar-refractivity contribution in [1.82, 2.24) is 10.6 Å². The molecule has 3 rings (SSSR count). The number of ketones is 1. The number of halogens is 1. The van der Waals surface area contributed by atoms with Crippen LogP contribution in [0.2, 0.25) is 0 Å². The van der Waals surface area contributed by atoms with Crippen molar-refractivity contribution in [3.8, 4) is 0 Å². The number of rotatable bonds is 5. The van der Waals surface area contributed by atoms with Crippen LogP contribution in [0.15, 0.2) is 24.3 Å². The molecule has 2 amide bonds. The van der Waals surface area contributed by atoms with Gasteiger partial charge in [-0.1, -0.05) is 6.42 Å². The summed E-state index contributed by atoms with van der Waals surface area (Å²) in [5.74, 6) is 1.54. The van der Waals surface area contributed by atoms with Crippen molar-refractivity contribution in [2.24, 2.45) is 17.8 Å². The number of urea groups is 1. The van der Waals surface area contributed by atoms with Crippen LogP contribution < -0.4 is 10.6 Å². The van der Waals surface area contributed by atoms with Gasteiger partial charge in [0, 0.05) is 11.6 Å². The monoisotopic (exact) mass is 318 g/mol. The zero-order valence-electron chi connectivity index (χ0n) is 13.3. The minimum atomic E-state index is -0.382. The lowest BCUT2D eigenvalue weighted by Gasteiger charge is -2.28. The summed E-state index contributed by atoms with van der Waals surface area (Å²) in [6.07, 6.45) is 5.14. The van der Waals surface area contributed by atoms with Crippen LogP contribution in [0, 0.1) is 23.6 Å². The number of fused-ring (bicyclic) bond motifs is 2. The zero-order valence-corrected chi connectivity index (χ0v) is 13.3. The standard InChI is InChI=1S/C18H23FN2O2/c1-11(16-9-12-2-3-14(16)8-12)21-18(23)20-10-17(22)13-4-6-15(19)7-5-13/h4-7,11-12,14,16H,2-3,8-10H2,1H3,(H2,20,21,23). The lowest BCUT2D eigenvalue weighted by molar-refractivity contribution is 0.0991. The molecular weight excluding hydrogens is 295 g/mol. The van der Waals surface area contributed by atoms with Crippen molar-refractivity contribution in [1.29, 1.82) is 0 Å². The average Bonchev–Trinajstić information content (AvgIpc) is 3.16. The van der Waals surface area contributed by atoms with Gasteiger partial charge < -0.3 is 10.6 Å². The molecule has 0 heterocycles. The number of hydrogen-bond acceptors (Lipinski definition) is 2. The van der Waals surface area contributed by atoms with E-state index in [0.717, 1.165) is 11.8 Å². The smallest absolute Gasteiger partial charge is 0.315 e. The molecule has 1 aromatic carbocycles. The molecule has 0 saturated heterocycles. The largest absolute Gasteiger partial charge is 0.335 e. The van der Waals surface area contributed by atoms with Gasteiger partial charge in [0.2, 0.25) is 0 Å². The highest BCUT2D eigenvalue weighted by Crippen LogP contribution is 2.49. The Bertz CT molecular complexity index is 587. The van der Waals surface area contributed by atoms with Crippen LogP contribution in [-0.2, 0) is 0 Å². The van der Waals surface area contributed by atoms with Gasteiger partial charge in [-0.3, -0.25) is 4.79 Å². The second-order valence-electron chi connectivity index (χ2n) is 6.88. The molecule has 2 bridgehead atoms. The van der Waals surface area contributed by atoms with Crippen molar-refractivity contribution in [3.63, 3.8) is 0 Å². The average molecular weight is 318 g/mol. The molecule has 2 fully saturated rings. The van der Waals surface area contributed by atoms with Gasteiger partial charge in [-0.2, -0.15) is 0 Å². The summed E-state index contributed by atoms with van der Waals surface area (Å²) in [5.41, 5.74) is 0.396. The topological polar surface area (TPSA) is 58.2 Å². The normalized spacial score (nSPS) is 26.8. The molecular formula is C18H23FN2O2. The second-order valence-corrected chi connectivity index (χ2v) is 6.88. The molecule has 4 nitrogen and oxygen atoms in total. The number of amides is 2. The second kappa shape index (κ2) is 6.69. The highest BCUT2D eigenvalue weighted by atomic mass is 19.1. The molecule has 2 N–H and O–H groups in total. The number of benzene rings is 1. The number of Topliss-reactive ketones (excluding diaryl/α,β-unsaturated/α-hetero) is 1. The minimum Gasteiger partial charge on any atom is -0.335 e. The summed E-state index contributed by atoms with van der Waals surface area (Å²) in [5, 5.41) is 5.56. The van der Waals surface area contributed by atoms with E-state index in [1.54, 1.807) is 0 Å². The summed E-state index contributed by atoms with van der Waals surface area (Å²) < 4.78 is 12.8. The minimum absolute atomic E-state index is 0.0824. The van der Waals surface area contributed by atoms with E-state index in [9.17, 15) is 14.0 Å². The van der Waals surface area contributed by atoms with Crippen molar-refractivity contribution in [3.05, 3.63) is 35.6 Å². The van der Waals surface area contributed by atoms with Crippen LogP contribution in [-0.4, -0.2) is 24.4 Å². The molecule has 0 radical (unpaired) electrons. The molecule has 4 unspecified atom stereocenters. The van der Waals surface area contributed by atoms with Crippen molar-refractivity contribution < 1.29 is 14.0 Å². The SMILES string of the molecule is CC(NC(=O)NCC(=O)c1ccc(F)cc1)C1CC2CCC1C2. The fourth-order valence-electron chi connectivity index (χ4n) is 4.17. The third-order valence-electron chi connectivity index (χ3n) is 5.37. The van der Waals surface area contributed by atoms with E-state index < -0.39 is 0 Å². The Kier molecular flexibility index (Phi) is 4.64. The van der Waals surface area contributed by atoms with Crippen molar-refractivity contribution >= 4 is 11.8 Å². The maximum atomic E-state index is 12.8. The molecule has 2 aliphatic rings. The van der Waals surface area contributed by atoms with Crippen LogP contribution in [0.3, 0.4) is 0 Å². The predicted molar refractivity (Wildman–Crippen MR) is 85.7 cm³/mol. The maximum Gasteiger partial charge on any atom is 0.315 e. The third kappa shape index (κ3) is 3.71. The van der Waals surface area contributed by atoms with Gasteiger partial charge in [-0.15, -0.1) is 0 Å². The van der Waals surface area contributed by atoms with E-state index in [-0.39, 0.29) is 30.2 Å². The lowest BCUT2D eigenvalue weighted by atomic mass is 9.84. The molecule has 4 atom stereocenters. The lowest BCUT2D eigenvalue weighted by Crippen LogP contribution is -2.46. The Morgan fingerprint density at radius 2 is 1.96 bits per heavy atom. The van der Waals surface area contributed by atoms with E-state index in [1.807, 2.05) is 6.92 Å². The molecule has 1 aromatic rings. The van der Waals surface area contributed by atoms with Gasteiger partial charge >= 0.3 is 6.03 Å². The quantitative estimate of drug-likeness (QED) is 0.820. The third-order valence-corrected chi connectivity index (χ3v) is 5.37. The summed E-state index contributed by atoms with van der Waals surface area (Å²) in [6, 6.07) is 5.15. The van der Waals surface area contributed by atoms with Crippen molar-refractivity contribution in [2.45, 2.75) is 38.6 Å². The fourth-order valence-corrected chi connectivity index (χ4v) is 4.17. The van der Waals surface area contributed by atoms with Crippen LogP contribution >= 0.6 is 0 Å². The molecule has 0 aromatic heterocycles. The van der Waals surface area contributed by atoms with Crippen molar-refractivity contribution in [2.75, 3.05) is 6.54 Å². The highest BCUT2D eigenvalue weighted by molar-refractivity contribution is 5.99. The molecule has 5 heteroatoms. The molecule has 2 saturated carbocycles. The first-order chi connectivity index (χ1) is 11.0. The number of nitrogens with one attached hydrogen (secondary N) is 2. The molecule has 23 heavy (non-hydrogen) atoms. The summed E-state index contributed by atoms with van der Waals surface area (Å²) in [6.45, 7) is 1.97. The Morgan fingerprint density at radius 3 is 2.57 bits per heavy atom. The van der Waals surface area contributed by atoms with Crippen LogP contribution in [0.25, 0.3) is 0 Å². The summed E-state index contributed by atoms with van der Waals surface area (Å²) >= 11 is 0. The van der Waals surface area contributed by atoms with E-state index in [1.165, 1.54) is 49.9 Å². The zero-order chi connectivity index (χ0) is 16.4. The first-order valence-electron chi connectivity index (χ1n) is 8.36. The first-order valence-corrected chi connectivity index (χ1v) is 8.36. The van der Waals surface area contributed by atoms with Gasteiger partial charge in [0.15, 0.2) is 5.78 Å². The van der Waals surface area contributed by atoms with Crippen LogP contribution in [0.1, 0.15) is 43.0 Å². The Labute approximate surface area is 135 Å². The van der Waals surface area contributed by atoms with E-state index in [4.69, 9.17) is 0 Å². The number of carbonyl (C=O) groups excluding carboxylic acids is 2. The molecule has 124 valence electrons. The Balaban J connectivity index is 1.44. The van der Waals surface area contributed by atoms with Gasteiger partial charge in [0.1, 0.15) is 5.82 Å². The van der Waals surface area contributed by atoms with E-state index >= 15 is 0 Å². The fraction of sp³-hybridized carbons (Fsp3) is 0.556. The van der Waals surface area contributed by atoms with E-state index in [2.05, 4.69) is 10.6 Å². The highest BCUT2D eigenvalue weighted by Gasteiger charge is 2.42. The van der Waals surface area contributed by atoms with Gasteiger partial charge in [-0.05, 0) is 68.2 Å². The van der Waals surface area contributed by atoms with Gasteiger partial charge in [0.25, 0.3) is 0 Å². The Morgan fingerprint density at radius 1 is 1.22 bits per heavy atom. The van der Waals surface area contributed by atoms with Gasteiger partial charge in [0.05, 0.1) is 6.54 Å². The Hall–Kier alpha value is -1.91. The van der Waals surface area contributed by atoms with Crippen LogP contribution in [0.5, 0.6) is 0 Å². The number of hydrogen-bond donors (Lipinski definition) is 2. The summed E-state index contributed by atoms with van der Waals surface area (Å²) in [7, 11) is 0. The molecule has 2 aliphatic carbocycles. The first kappa shape index (κ1) is 16.0. The summed E-state index contributed by atoms with van der Waals surface area (Å²) in [4.78, 5) is 23.9. The van der Waals surface area contributed by atoms with E-state index in [0.29, 0.717) is 11.5 Å². The van der Waals surface area contributed by atoms with Crippen LogP contribution in [0.4, 0.5) is 9.18 Å².